The van der Waals surface area contributed by atoms with Gasteiger partial charge in [-0.15, -0.1) is 0 Å². The second-order valence-corrected chi connectivity index (χ2v) is 35.0. The average molecular weight is 1820 g/mol. The number of hydrogen-bond donors (Lipinski definition) is 15. The van der Waals surface area contributed by atoms with E-state index in [2.05, 4.69) is 129 Å². The normalized spacial score (nSPS) is 13.9. The van der Waals surface area contributed by atoms with Gasteiger partial charge in [0.05, 0.1) is 71.5 Å². The fourth-order valence-corrected chi connectivity index (χ4v) is 16.1. The second kappa shape index (κ2) is 42.7. The molecule has 0 spiro atoms. The molecule has 0 saturated carbocycles. The number of hydrogen-bond acceptors (Lipinski definition) is 18. The van der Waals surface area contributed by atoms with Crippen LogP contribution in [0.5, 0.6) is 0 Å². The lowest BCUT2D eigenvalue weighted by molar-refractivity contribution is -0.112. The molecule has 135 heavy (non-hydrogen) atoms. The first-order chi connectivity index (χ1) is 64.6. The number of urea groups is 3. The number of rotatable bonds is 30. The van der Waals surface area contributed by atoms with Crippen LogP contribution in [0.25, 0.3) is 0 Å². The van der Waals surface area contributed by atoms with Crippen LogP contribution in [0.3, 0.4) is 0 Å². The Morgan fingerprint density at radius 3 is 0.919 bits per heavy atom. The summed E-state index contributed by atoms with van der Waals surface area (Å²) < 4.78 is 0. The number of H-pyrrole nitrogens is 3. The fourth-order valence-electron chi connectivity index (χ4n) is 16.1. The van der Waals surface area contributed by atoms with E-state index in [0.717, 1.165) is 67.5 Å². The number of aromatic amines is 3. The van der Waals surface area contributed by atoms with Gasteiger partial charge in [-0.25, -0.2) is 14.4 Å². The first kappa shape index (κ1) is 96.3. The summed E-state index contributed by atoms with van der Waals surface area (Å²) >= 11 is 0. The first-order valence-corrected chi connectivity index (χ1v) is 43.9. The lowest BCUT2D eigenvalue weighted by atomic mass is 10.0. The number of nitrogens with one attached hydrogen (secondary N) is 15. The molecule has 9 aromatic carbocycles. The monoisotopic (exact) mass is 1820 g/mol. The lowest BCUT2D eigenvalue weighted by Crippen LogP contribution is -2.48. The van der Waals surface area contributed by atoms with Crippen molar-refractivity contribution in [1.82, 2.24) is 75.9 Å². The zero-order valence-corrected chi connectivity index (χ0v) is 77.5. The molecule has 0 radical (unpaired) electrons. The van der Waals surface area contributed by atoms with E-state index in [-0.39, 0.29) is 71.7 Å². The summed E-state index contributed by atoms with van der Waals surface area (Å²) in [4.78, 5) is 126. The first-order valence-electron chi connectivity index (χ1n) is 43.9. The number of likely N-dealkylation sites (N-methyl/N-ethyl adjacent to an activating group) is 3. The van der Waals surface area contributed by atoms with Crippen molar-refractivity contribution in [2.45, 2.75) is 95.9 Å². The van der Waals surface area contributed by atoms with Gasteiger partial charge in [0.15, 0.2) is 17.5 Å². The van der Waals surface area contributed by atoms with Gasteiger partial charge in [-0.3, -0.25) is 44.1 Å². The number of fused-ring (bicyclic) bond motifs is 3. The molecule has 3 aliphatic rings. The standard InChI is InChI=1S/3C34H38N8O3/c1-6-29(43)35-24-17-15-23(16-18-24)32(44)37-26-14-10-13-25(19-26)36-31-27-20-42(34(2,3)30(27)39-40-31)33(45)38-28(21-41(4)5)22-11-8-7-9-12-22;1-6-29(43)35-26-14-10-13-23(19-26)32(44)37-25-17-15-24(16-18-25)36-31-27-20-42(34(2,3)30(27)39-40-31)33(45)38-28(21-41(4)5)22-11-8-7-9-12-22;1-6-29(43)35-24-14-12-23(13-15-24)32(44)37-26-18-16-25(17-19-26)36-31-27-20-42(34(2,3)30(27)39-40-31)33(45)38-28(21-41(4)5)22-10-8-7-9-11-22/h3*6-19,28H,1,20-21H2,2-5H3,(H,35,43)(H,37,44)(H,38,45)(H2,36,39,40)/t3*28-/m111/s1. The summed E-state index contributed by atoms with van der Waals surface area (Å²) in [6.45, 7) is 25.5. The number of amides is 12. The van der Waals surface area contributed by atoms with E-state index in [1.165, 1.54) is 18.2 Å². The van der Waals surface area contributed by atoms with Crippen molar-refractivity contribution in [3.63, 3.8) is 0 Å². The van der Waals surface area contributed by atoms with Gasteiger partial charge in [0.25, 0.3) is 17.7 Å². The number of aromatic nitrogens is 6. The van der Waals surface area contributed by atoms with Gasteiger partial charge in [0.2, 0.25) is 17.7 Å². The Bertz CT molecular complexity index is 6270. The Morgan fingerprint density at radius 1 is 0.326 bits per heavy atom. The fraction of sp³-hybridized carbons (Fsp3) is 0.235. The molecular weight excluding hydrogens is 1710 g/mol. The topological polar surface area (TPSA) is 403 Å². The highest BCUT2D eigenvalue weighted by atomic mass is 16.2. The molecule has 15 N–H and O–H groups in total. The molecule has 3 aliphatic heterocycles. The number of anilines is 12. The van der Waals surface area contributed by atoms with Crippen LogP contribution in [-0.4, -0.2) is 175 Å². The van der Waals surface area contributed by atoms with Crippen LogP contribution in [0.15, 0.2) is 275 Å². The maximum Gasteiger partial charge on any atom is 0.319 e. The van der Waals surface area contributed by atoms with Crippen molar-refractivity contribution >= 4 is 122 Å². The summed E-state index contributed by atoms with van der Waals surface area (Å²) in [6.07, 6.45) is 3.53. The summed E-state index contributed by atoms with van der Waals surface area (Å²) in [5.41, 5.74) is 13.7. The van der Waals surface area contributed by atoms with E-state index < -0.39 is 16.6 Å². The highest BCUT2D eigenvalue weighted by molar-refractivity contribution is 6.08. The summed E-state index contributed by atoms with van der Waals surface area (Å²) in [7, 11) is 11.9. The van der Waals surface area contributed by atoms with Crippen LogP contribution in [0.2, 0.25) is 0 Å². The van der Waals surface area contributed by atoms with Crippen LogP contribution in [-0.2, 0) is 50.6 Å². The van der Waals surface area contributed by atoms with Crippen LogP contribution >= 0.6 is 0 Å². The van der Waals surface area contributed by atoms with Crippen LogP contribution in [0.1, 0.15) is 141 Å². The molecule has 0 unspecified atom stereocenters. The van der Waals surface area contributed by atoms with Gasteiger partial charge in [-0.05, 0) is 252 Å². The quantitative estimate of drug-likeness (QED) is 0.0186. The van der Waals surface area contributed by atoms with Gasteiger partial charge in [0, 0.05) is 104 Å². The van der Waals surface area contributed by atoms with Gasteiger partial charge >= 0.3 is 18.1 Å². The molecule has 696 valence electrons. The molecule has 0 aliphatic carbocycles. The van der Waals surface area contributed by atoms with E-state index in [1.54, 1.807) is 103 Å². The predicted molar refractivity (Wildman–Crippen MR) is 529 cm³/mol. The minimum Gasteiger partial charge on any atom is -0.338 e. The molecular formula is C102H114N24O9. The third kappa shape index (κ3) is 23.9. The summed E-state index contributed by atoms with van der Waals surface area (Å²) in [5, 5.41) is 59.4. The number of nitrogens with zero attached hydrogens (tertiary/aromatic N) is 9. The van der Waals surface area contributed by atoms with Gasteiger partial charge < -0.3 is 93.2 Å². The number of benzene rings is 9. The third-order valence-electron chi connectivity index (χ3n) is 23.3. The van der Waals surface area contributed by atoms with Crippen molar-refractivity contribution in [2.75, 3.05) is 110 Å². The number of carbonyl (C=O) groups is 9. The molecule has 33 nitrogen and oxygen atoms in total. The van der Waals surface area contributed by atoms with Crippen molar-refractivity contribution in [3.05, 3.63) is 342 Å². The van der Waals surface area contributed by atoms with Crippen LogP contribution < -0.4 is 63.8 Å². The Hall–Kier alpha value is -16.3. The Balaban J connectivity index is 0.000000171. The van der Waals surface area contributed by atoms with Crippen LogP contribution in [0, 0.1) is 0 Å². The molecule has 0 bridgehead atoms. The zero-order chi connectivity index (χ0) is 96.4. The Morgan fingerprint density at radius 2 is 0.593 bits per heavy atom. The van der Waals surface area contributed by atoms with Crippen molar-refractivity contribution in [3.8, 4) is 0 Å². The van der Waals surface area contributed by atoms with Crippen molar-refractivity contribution < 1.29 is 43.2 Å². The molecule has 3 atom stereocenters. The number of carbonyl (C=O) groups excluding carboxylic acids is 9. The van der Waals surface area contributed by atoms with E-state index in [9.17, 15) is 43.2 Å². The van der Waals surface area contributed by atoms with Gasteiger partial charge in [-0.1, -0.05) is 123 Å². The van der Waals surface area contributed by atoms with Crippen molar-refractivity contribution in [1.29, 1.82) is 0 Å². The average Bonchev–Trinajstić information content (AvgIpc) is 1.60. The lowest BCUT2D eigenvalue weighted by Gasteiger charge is -2.34. The maximum atomic E-state index is 13.7. The van der Waals surface area contributed by atoms with E-state index in [4.69, 9.17) is 0 Å². The van der Waals surface area contributed by atoms with E-state index in [1.807, 2.05) is 232 Å². The minimum absolute atomic E-state index is 0.150. The van der Waals surface area contributed by atoms with Crippen molar-refractivity contribution in [2.24, 2.45) is 0 Å². The van der Waals surface area contributed by atoms with Gasteiger partial charge in [-0.2, -0.15) is 15.3 Å². The predicted octanol–water partition coefficient (Wildman–Crippen LogP) is 16.8. The maximum absolute atomic E-state index is 13.7. The molecule has 0 saturated heterocycles. The Kier molecular flexibility index (Phi) is 30.5. The van der Waals surface area contributed by atoms with Crippen LogP contribution in [0.4, 0.5) is 83.0 Å². The molecule has 12 aromatic rings. The third-order valence-corrected chi connectivity index (χ3v) is 23.3. The minimum atomic E-state index is -0.619. The highest BCUT2D eigenvalue weighted by Gasteiger charge is 2.47. The zero-order valence-electron chi connectivity index (χ0n) is 77.5. The van der Waals surface area contributed by atoms with E-state index >= 15 is 0 Å². The molecule has 15 rings (SSSR count). The molecule has 12 amide bonds. The summed E-state index contributed by atoms with van der Waals surface area (Å²) in [5.74, 6) is 0.0184. The molecule has 6 heterocycles. The second-order valence-electron chi connectivity index (χ2n) is 35.0. The Labute approximate surface area is 784 Å². The highest BCUT2D eigenvalue weighted by Crippen LogP contribution is 2.45. The SMILES string of the molecule is C=CC(=O)Nc1ccc(C(=O)Nc2ccc(Nc3n[nH]c4c3CN(C(=O)N[C@H](CN(C)C)c3ccccc3)C4(C)C)cc2)cc1.C=CC(=O)Nc1ccc(C(=O)Nc2cccc(Nc3n[nH]c4c3CN(C(=O)N[C@H](CN(C)C)c3ccccc3)C4(C)C)c2)cc1.C=CC(=O)Nc1cccc(C(=O)Nc2ccc(Nc3n[nH]c4c3CN(C(=O)N[C@H](CN(C)C)c3ccccc3)C4(C)C)cc2)c1. The van der Waals surface area contributed by atoms with E-state index in [0.29, 0.717) is 108 Å². The molecule has 33 heteroatoms. The smallest absolute Gasteiger partial charge is 0.319 e. The van der Waals surface area contributed by atoms with Gasteiger partial charge in [0.1, 0.15) is 0 Å². The largest absolute Gasteiger partial charge is 0.338 e. The molecule has 3 aromatic heterocycles. The summed E-state index contributed by atoms with van der Waals surface area (Å²) in [6, 6.07) is 70.6. The molecule has 0 fully saturated rings.